The van der Waals surface area contributed by atoms with E-state index >= 15 is 0 Å². The summed E-state index contributed by atoms with van der Waals surface area (Å²) in [4.78, 5) is 18.1. The second kappa shape index (κ2) is 8.26. The number of aliphatic hydroxyl groups excluding tert-OH is 1. The van der Waals surface area contributed by atoms with Crippen LogP contribution in [0.3, 0.4) is 0 Å². The van der Waals surface area contributed by atoms with Gasteiger partial charge >= 0.3 is 0 Å². The van der Waals surface area contributed by atoms with Crippen molar-refractivity contribution in [3.63, 3.8) is 0 Å². The third-order valence-corrected chi connectivity index (χ3v) is 3.25. The van der Waals surface area contributed by atoms with E-state index in [-0.39, 0.29) is 19.1 Å². The first-order valence-corrected chi connectivity index (χ1v) is 7.26. The van der Waals surface area contributed by atoms with Crippen molar-refractivity contribution in [2.45, 2.75) is 13.5 Å². The van der Waals surface area contributed by atoms with Gasteiger partial charge in [0.1, 0.15) is 0 Å². The molecular weight excluding hydrogens is 278 g/mol. The molecule has 116 valence electrons. The van der Waals surface area contributed by atoms with Gasteiger partial charge in [0, 0.05) is 31.2 Å². The number of carbonyl (C=O) groups is 1. The number of aliphatic hydroxyl groups is 1. The van der Waals surface area contributed by atoms with Crippen LogP contribution in [-0.2, 0) is 11.3 Å². The van der Waals surface area contributed by atoms with Crippen molar-refractivity contribution in [1.29, 1.82) is 0 Å². The van der Waals surface area contributed by atoms with Crippen molar-refractivity contribution >= 4 is 11.6 Å². The molecule has 0 fully saturated rings. The third kappa shape index (κ3) is 5.27. The number of nitrogens with one attached hydrogen (secondary N) is 1. The number of carbonyl (C=O) groups excluding carboxylic acids is 1. The van der Waals surface area contributed by atoms with E-state index < -0.39 is 0 Å². The van der Waals surface area contributed by atoms with E-state index in [9.17, 15) is 4.79 Å². The monoisotopic (exact) mass is 299 g/mol. The van der Waals surface area contributed by atoms with E-state index in [1.165, 1.54) is 0 Å². The maximum absolute atomic E-state index is 12.1. The predicted octanol–water partition coefficient (Wildman–Crippen LogP) is 1.82. The Kier molecular flexibility index (Phi) is 6.06. The molecule has 1 aromatic heterocycles. The molecule has 1 amide bonds. The van der Waals surface area contributed by atoms with Crippen molar-refractivity contribution < 1.29 is 9.90 Å². The summed E-state index contributed by atoms with van der Waals surface area (Å²) in [7, 11) is 0. The Morgan fingerprint density at radius 1 is 1.27 bits per heavy atom. The maximum Gasteiger partial charge on any atom is 0.238 e. The van der Waals surface area contributed by atoms with Crippen molar-refractivity contribution in [1.82, 2.24) is 9.88 Å². The van der Waals surface area contributed by atoms with Gasteiger partial charge < -0.3 is 10.4 Å². The fraction of sp³-hybridized carbons (Fsp3) is 0.294. The minimum Gasteiger partial charge on any atom is -0.395 e. The van der Waals surface area contributed by atoms with E-state index in [2.05, 4.69) is 10.3 Å². The van der Waals surface area contributed by atoms with E-state index in [4.69, 9.17) is 5.11 Å². The van der Waals surface area contributed by atoms with Crippen molar-refractivity contribution in [3.8, 4) is 0 Å². The highest BCUT2D eigenvalue weighted by Gasteiger charge is 2.11. The predicted molar refractivity (Wildman–Crippen MR) is 86.4 cm³/mol. The summed E-state index contributed by atoms with van der Waals surface area (Å²) in [6, 6.07) is 11.5. The molecule has 0 saturated heterocycles. The normalized spacial score (nSPS) is 10.7. The zero-order chi connectivity index (χ0) is 15.8. The van der Waals surface area contributed by atoms with Crippen LogP contribution in [-0.4, -0.2) is 40.6 Å². The molecule has 1 heterocycles. The Balaban J connectivity index is 1.92. The van der Waals surface area contributed by atoms with Gasteiger partial charge in [-0.15, -0.1) is 0 Å². The molecule has 22 heavy (non-hydrogen) atoms. The molecule has 0 saturated carbocycles. The average molecular weight is 299 g/mol. The first-order valence-electron chi connectivity index (χ1n) is 7.26. The number of hydrogen-bond donors (Lipinski definition) is 2. The second-order valence-corrected chi connectivity index (χ2v) is 5.21. The van der Waals surface area contributed by atoms with Crippen LogP contribution in [0, 0.1) is 6.92 Å². The Bertz CT molecular complexity index is 585. The largest absolute Gasteiger partial charge is 0.395 e. The zero-order valence-corrected chi connectivity index (χ0v) is 12.7. The topological polar surface area (TPSA) is 65.5 Å². The Hall–Kier alpha value is -2.24. The van der Waals surface area contributed by atoms with Crippen molar-refractivity contribution in [2.75, 3.05) is 25.0 Å². The molecule has 5 heteroatoms. The highest BCUT2D eigenvalue weighted by Crippen LogP contribution is 2.09. The number of pyridine rings is 1. The quantitative estimate of drug-likeness (QED) is 0.818. The van der Waals surface area contributed by atoms with Gasteiger partial charge in [-0.1, -0.05) is 23.8 Å². The first kappa shape index (κ1) is 16.1. The molecule has 5 nitrogen and oxygen atoms in total. The third-order valence-electron chi connectivity index (χ3n) is 3.25. The highest BCUT2D eigenvalue weighted by atomic mass is 16.3. The summed E-state index contributed by atoms with van der Waals surface area (Å²) in [6.07, 6.45) is 3.48. The number of amides is 1. The van der Waals surface area contributed by atoms with Crippen LogP contribution in [0.2, 0.25) is 0 Å². The minimum absolute atomic E-state index is 0.0120. The molecule has 0 spiro atoms. The molecule has 0 aliphatic heterocycles. The summed E-state index contributed by atoms with van der Waals surface area (Å²) in [5, 5.41) is 12.0. The van der Waals surface area contributed by atoms with Crippen molar-refractivity contribution in [3.05, 3.63) is 59.9 Å². The molecule has 0 aliphatic rings. The lowest BCUT2D eigenvalue weighted by atomic mass is 10.2. The number of aryl methyl sites for hydroxylation is 1. The Morgan fingerprint density at radius 3 is 2.68 bits per heavy atom. The summed E-state index contributed by atoms with van der Waals surface area (Å²) >= 11 is 0. The van der Waals surface area contributed by atoms with Crippen LogP contribution >= 0.6 is 0 Å². The molecule has 2 rings (SSSR count). The summed E-state index contributed by atoms with van der Waals surface area (Å²) in [5.41, 5.74) is 2.94. The van der Waals surface area contributed by atoms with Crippen LogP contribution in [0.25, 0.3) is 0 Å². The van der Waals surface area contributed by atoms with Gasteiger partial charge in [0.25, 0.3) is 0 Å². The summed E-state index contributed by atoms with van der Waals surface area (Å²) < 4.78 is 0. The number of anilines is 1. The number of rotatable bonds is 7. The van der Waals surface area contributed by atoms with Gasteiger partial charge in [0.2, 0.25) is 5.91 Å². The highest BCUT2D eigenvalue weighted by molar-refractivity contribution is 5.92. The summed E-state index contributed by atoms with van der Waals surface area (Å²) in [6.45, 7) is 3.26. The molecule has 0 radical (unpaired) electrons. The van der Waals surface area contributed by atoms with Gasteiger partial charge in [-0.25, -0.2) is 0 Å². The van der Waals surface area contributed by atoms with E-state index in [1.807, 2.05) is 48.2 Å². The van der Waals surface area contributed by atoms with Crippen LogP contribution < -0.4 is 5.32 Å². The van der Waals surface area contributed by atoms with Gasteiger partial charge in [-0.2, -0.15) is 0 Å². The molecule has 2 aromatic rings. The lowest BCUT2D eigenvalue weighted by Crippen LogP contribution is -2.34. The zero-order valence-electron chi connectivity index (χ0n) is 12.7. The average Bonchev–Trinajstić information content (AvgIpc) is 2.51. The van der Waals surface area contributed by atoms with E-state index in [1.54, 1.807) is 12.4 Å². The number of aromatic nitrogens is 1. The standard InChI is InChI=1S/C17H21N3O2/c1-14-4-6-16(7-5-14)19-17(22)13-20(9-10-21)12-15-3-2-8-18-11-15/h2-8,11,21H,9-10,12-13H2,1H3,(H,19,22). The molecule has 0 aliphatic carbocycles. The Morgan fingerprint density at radius 2 is 2.05 bits per heavy atom. The Labute approximate surface area is 130 Å². The number of hydrogen-bond acceptors (Lipinski definition) is 4. The van der Waals surface area contributed by atoms with Crippen LogP contribution in [0.4, 0.5) is 5.69 Å². The molecular formula is C17H21N3O2. The van der Waals surface area contributed by atoms with E-state index in [0.29, 0.717) is 13.1 Å². The van der Waals surface area contributed by atoms with E-state index in [0.717, 1.165) is 16.8 Å². The van der Waals surface area contributed by atoms with Crippen LogP contribution in [0.15, 0.2) is 48.8 Å². The molecule has 1 aromatic carbocycles. The SMILES string of the molecule is Cc1ccc(NC(=O)CN(CCO)Cc2cccnc2)cc1. The smallest absolute Gasteiger partial charge is 0.238 e. The molecule has 0 unspecified atom stereocenters. The second-order valence-electron chi connectivity index (χ2n) is 5.21. The first-order chi connectivity index (χ1) is 10.7. The fourth-order valence-electron chi connectivity index (χ4n) is 2.15. The maximum atomic E-state index is 12.1. The van der Waals surface area contributed by atoms with Gasteiger partial charge in [0.15, 0.2) is 0 Å². The number of benzene rings is 1. The van der Waals surface area contributed by atoms with Gasteiger partial charge in [-0.05, 0) is 30.7 Å². The number of nitrogens with zero attached hydrogens (tertiary/aromatic N) is 2. The summed E-state index contributed by atoms with van der Waals surface area (Å²) in [5.74, 6) is -0.0961. The fourth-order valence-corrected chi connectivity index (χ4v) is 2.15. The molecule has 0 atom stereocenters. The van der Waals surface area contributed by atoms with Crippen LogP contribution in [0.5, 0.6) is 0 Å². The van der Waals surface area contributed by atoms with Gasteiger partial charge in [0.05, 0.1) is 13.2 Å². The van der Waals surface area contributed by atoms with Crippen LogP contribution in [0.1, 0.15) is 11.1 Å². The van der Waals surface area contributed by atoms with Crippen molar-refractivity contribution in [2.24, 2.45) is 0 Å². The minimum atomic E-state index is -0.0961. The lowest BCUT2D eigenvalue weighted by Gasteiger charge is -2.20. The van der Waals surface area contributed by atoms with Gasteiger partial charge in [-0.3, -0.25) is 14.7 Å². The molecule has 2 N–H and O–H groups in total. The molecule has 0 bridgehead atoms. The lowest BCUT2D eigenvalue weighted by molar-refractivity contribution is -0.117.